The Morgan fingerprint density at radius 1 is 1.19 bits per heavy atom. The van der Waals surface area contributed by atoms with Crippen molar-refractivity contribution in [2.24, 2.45) is 0 Å². The molecule has 146 valence electrons. The maximum atomic E-state index is 12.6. The fourth-order valence-corrected chi connectivity index (χ4v) is 3.22. The molecule has 0 unspecified atom stereocenters. The molecule has 0 fully saturated rings. The zero-order valence-electron chi connectivity index (χ0n) is 15.4. The number of hydrogen-bond donors (Lipinski definition) is 1. The van der Waals surface area contributed by atoms with Crippen LogP contribution < -0.4 is 5.32 Å². The number of ether oxygens (including phenoxy) is 2. The zero-order valence-corrected chi connectivity index (χ0v) is 16.2. The van der Waals surface area contributed by atoms with Gasteiger partial charge in [-0.1, -0.05) is 12.1 Å². The maximum absolute atomic E-state index is 12.6. The first-order valence-electron chi connectivity index (χ1n) is 8.35. The molecule has 0 spiro atoms. The molecule has 0 bridgehead atoms. The molecule has 2 rings (SSSR count). The highest BCUT2D eigenvalue weighted by molar-refractivity contribution is 7.98. The van der Waals surface area contributed by atoms with Crippen LogP contribution in [0.4, 0.5) is 0 Å². The second-order valence-corrected chi connectivity index (χ2v) is 6.77. The van der Waals surface area contributed by atoms with Crippen molar-refractivity contribution in [2.75, 3.05) is 32.3 Å². The average molecular weight is 394 g/mol. The van der Waals surface area contributed by atoms with Crippen LogP contribution in [0, 0.1) is 0 Å². The summed E-state index contributed by atoms with van der Waals surface area (Å²) in [5.74, 6) is -2.19. The largest absolute Gasteiger partial charge is 0.451 e. The predicted molar refractivity (Wildman–Crippen MR) is 99.6 cm³/mol. The standard InChI is InChI=1S/C18H22N2O6S/c1-11(15(21)19-8-9-25-2)26-18(24)14(10-27-3)20-16(22)12-6-4-5-7-13(12)17(20)23/h4-7,11,14H,8-10H2,1-3H3,(H,19,21)/t11-,14+/m0/s1. The molecule has 0 aromatic heterocycles. The fraction of sp³-hybridized carbons (Fsp3) is 0.444. The van der Waals surface area contributed by atoms with Gasteiger partial charge in [0.15, 0.2) is 6.10 Å². The molecule has 2 atom stereocenters. The third-order valence-electron chi connectivity index (χ3n) is 4.00. The molecule has 27 heavy (non-hydrogen) atoms. The lowest BCUT2D eigenvalue weighted by Crippen LogP contribution is -2.49. The van der Waals surface area contributed by atoms with Gasteiger partial charge < -0.3 is 14.8 Å². The van der Waals surface area contributed by atoms with Gasteiger partial charge in [-0.3, -0.25) is 19.3 Å². The molecule has 9 heteroatoms. The predicted octanol–water partition coefficient (Wildman–Crippen LogP) is 0.709. The van der Waals surface area contributed by atoms with Gasteiger partial charge in [-0.2, -0.15) is 11.8 Å². The molecule has 8 nitrogen and oxygen atoms in total. The van der Waals surface area contributed by atoms with E-state index in [9.17, 15) is 19.2 Å². The SMILES string of the molecule is COCCNC(=O)[C@H](C)OC(=O)[C@@H](CSC)N1C(=O)c2ccccc2C1=O. The lowest BCUT2D eigenvalue weighted by atomic mass is 10.1. The van der Waals surface area contributed by atoms with Crippen LogP contribution in [0.3, 0.4) is 0 Å². The fourth-order valence-electron chi connectivity index (χ4n) is 2.62. The molecule has 1 N–H and O–H groups in total. The van der Waals surface area contributed by atoms with E-state index in [4.69, 9.17) is 9.47 Å². The van der Waals surface area contributed by atoms with Gasteiger partial charge in [0.05, 0.1) is 17.7 Å². The number of benzene rings is 1. The number of nitrogens with one attached hydrogen (secondary N) is 1. The first kappa shape index (κ1) is 20.9. The number of amides is 3. The Hall–Kier alpha value is -2.39. The number of hydrogen-bond acceptors (Lipinski definition) is 7. The van der Waals surface area contributed by atoms with Gasteiger partial charge in [0.2, 0.25) is 0 Å². The first-order valence-corrected chi connectivity index (χ1v) is 9.74. The number of thioether (sulfide) groups is 1. The minimum atomic E-state index is -1.11. The van der Waals surface area contributed by atoms with Crippen LogP contribution >= 0.6 is 11.8 Å². The minimum Gasteiger partial charge on any atom is -0.451 e. The Balaban J connectivity index is 2.11. The lowest BCUT2D eigenvalue weighted by molar-refractivity contribution is -0.157. The van der Waals surface area contributed by atoms with Crippen LogP contribution in [0.2, 0.25) is 0 Å². The maximum Gasteiger partial charge on any atom is 0.331 e. The number of rotatable bonds is 9. The van der Waals surface area contributed by atoms with Crippen molar-refractivity contribution in [2.45, 2.75) is 19.1 Å². The Bertz CT molecular complexity index is 703. The van der Waals surface area contributed by atoms with Crippen molar-refractivity contribution >= 4 is 35.5 Å². The molecule has 1 aliphatic heterocycles. The monoisotopic (exact) mass is 394 g/mol. The van der Waals surface area contributed by atoms with Gasteiger partial charge in [0.1, 0.15) is 6.04 Å². The Kier molecular flexibility index (Phi) is 7.37. The van der Waals surface area contributed by atoms with E-state index < -0.39 is 35.8 Å². The van der Waals surface area contributed by atoms with Gasteiger partial charge in [-0.25, -0.2) is 4.79 Å². The van der Waals surface area contributed by atoms with E-state index in [0.717, 1.165) is 4.90 Å². The molecule has 3 amide bonds. The second kappa shape index (κ2) is 9.52. The molecular weight excluding hydrogens is 372 g/mol. The summed E-state index contributed by atoms with van der Waals surface area (Å²) in [5, 5.41) is 2.57. The van der Waals surface area contributed by atoms with E-state index >= 15 is 0 Å². The summed E-state index contributed by atoms with van der Waals surface area (Å²) in [5.41, 5.74) is 0.513. The van der Waals surface area contributed by atoms with E-state index in [1.54, 1.807) is 30.5 Å². The first-order chi connectivity index (χ1) is 12.9. The van der Waals surface area contributed by atoms with Crippen LogP contribution in [-0.2, 0) is 19.1 Å². The number of fused-ring (bicyclic) bond motifs is 1. The number of carbonyl (C=O) groups excluding carboxylic acids is 4. The normalized spacial score (nSPS) is 15.3. The van der Waals surface area contributed by atoms with Crippen LogP contribution in [0.5, 0.6) is 0 Å². The van der Waals surface area contributed by atoms with E-state index in [1.807, 2.05) is 0 Å². The topological polar surface area (TPSA) is 102 Å². The van der Waals surface area contributed by atoms with Gasteiger partial charge in [-0.05, 0) is 25.3 Å². The van der Waals surface area contributed by atoms with Crippen molar-refractivity contribution in [3.05, 3.63) is 35.4 Å². The molecule has 1 heterocycles. The van der Waals surface area contributed by atoms with Crippen LogP contribution in [0.1, 0.15) is 27.6 Å². The molecular formula is C18H22N2O6S. The van der Waals surface area contributed by atoms with Crippen LogP contribution in [0.15, 0.2) is 24.3 Å². The summed E-state index contributed by atoms with van der Waals surface area (Å²) in [6, 6.07) is 5.29. The van der Waals surface area contributed by atoms with Gasteiger partial charge >= 0.3 is 5.97 Å². The third kappa shape index (κ3) is 4.67. The van der Waals surface area contributed by atoms with Gasteiger partial charge in [0, 0.05) is 19.4 Å². The summed E-state index contributed by atoms with van der Waals surface area (Å²) in [6.07, 6.45) is 0.688. The number of imide groups is 1. The molecule has 0 radical (unpaired) electrons. The lowest BCUT2D eigenvalue weighted by Gasteiger charge is -2.25. The van der Waals surface area contributed by atoms with E-state index in [2.05, 4.69) is 5.32 Å². The number of methoxy groups -OCH3 is 1. The molecule has 1 aliphatic rings. The van der Waals surface area contributed by atoms with Crippen molar-refractivity contribution in [3.8, 4) is 0 Å². The molecule has 0 aliphatic carbocycles. The van der Waals surface area contributed by atoms with Crippen LogP contribution in [-0.4, -0.2) is 73.0 Å². The molecule has 1 aromatic carbocycles. The quantitative estimate of drug-likeness (QED) is 0.374. The van der Waals surface area contributed by atoms with Crippen molar-refractivity contribution in [1.82, 2.24) is 10.2 Å². The summed E-state index contributed by atoms with van der Waals surface area (Å²) in [7, 11) is 1.50. The summed E-state index contributed by atoms with van der Waals surface area (Å²) < 4.78 is 10.1. The van der Waals surface area contributed by atoms with Crippen LogP contribution in [0.25, 0.3) is 0 Å². The summed E-state index contributed by atoms with van der Waals surface area (Å²) in [4.78, 5) is 50.7. The number of esters is 1. The Morgan fingerprint density at radius 2 is 1.78 bits per heavy atom. The summed E-state index contributed by atoms with van der Waals surface area (Å²) >= 11 is 1.30. The summed E-state index contributed by atoms with van der Waals surface area (Å²) in [6.45, 7) is 2.04. The third-order valence-corrected chi connectivity index (χ3v) is 4.65. The van der Waals surface area contributed by atoms with E-state index in [1.165, 1.54) is 25.8 Å². The Labute approximate surface area is 161 Å². The smallest absolute Gasteiger partial charge is 0.331 e. The number of nitrogens with zero attached hydrogens (tertiary/aromatic N) is 1. The number of carbonyl (C=O) groups is 4. The molecule has 1 aromatic rings. The molecule has 0 saturated carbocycles. The van der Waals surface area contributed by atoms with Crippen molar-refractivity contribution < 1.29 is 28.7 Å². The van der Waals surface area contributed by atoms with E-state index in [0.29, 0.717) is 6.61 Å². The van der Waals surface area contributed by atoms with Gasteiger partial charge in [-0.15, -0.1) is 0 Å². The second-order valence-electron chi connectivity index (χ2n) is 5.86. The van der Waals surface area contributed by atoms with E-state index in [-0.39, 0.29) is 23.4 Å². The molecule has 0 saturated heterocycles. The Morgan fingerprint density at radius 3 is 2.30 bits per heavy atom. The highest BCUT2D eigenvalue weighted by Crippen LogP contribution is 2.26. The van der Waals surface area contributed by atoms with Crippen molar-refractivity contribution in [1.29, 1.82) is 0 Å². The highest BCUT2D eigenvalue weighted by Gasteiger charge is 2.43. The van der Waals surface area contributed by atoms with Crippen molar-refractivity contribution in [3.63, 3.8) is 0 Å². The average Bonchev–Trinajstić information content (AvgIpc) is 2.91. The minimum absolute atomic E-state index is 0.169. The zero-order chi connectivity index (χ0) is 20.0. The van der Waals surface area contributed by atoms with Gasteiger partial charge in [0.25, 0.3) is 17.7 Å². The highest BCUT2D eigenvalue weighted by atomic mass is 32.2.